The third kappa shape index (κ3) is 5.96. The number of nitrogens with zero attached hydrogens (tertiary/aromatic N) is 3. The molecule has 7 aromatic carbocycles. The van der Waals surface area contributed by atoms with Gasteiger partial charge in [-0.3, -0.25) is 0 Å². The van der Waals surface area contributed by atoms with E-state index in [1.165, 1.54) is 32.3 Å². The first-order chi connectivity index (χ1) is 29.1. The molecule has 2 aromatic heterocycles. The molecule has 1 N–H and O–H groups in total. The number of fused-ring (bicyclic) bond motifs is 8. The molecule has 282 valence electrons. The summed E-state index contributed by atoms with van der Waals surface area (Å²) in [7, 11) is 0. The van der Waals surface area contributed by atoms with Crippen molar-refractivity contribution in [2.24, 2.45) is 4.99 Å². The number of hydrogen-bond donors (Lipinski definition) is 1. The van der Waals surface area contributed by atoms with E-state index in [4.69, 9.17) is 4.99 Å². The Hall–Kier alpha value is -7.69. The van der Waals surface area contributed by atoms with Crippen molar-refractivity contribution in [1.82, 2.24) is 14.5 Å². The second kappa shape index (κ2) is 14.7. The lowest BCUT2D eigenvalue weighted by atomic mass is 9.99. The Morgan fingerprint density at radius 1 is 0.593 bits per heavy atom. The molecular weight excluding hydrogens is 717 g/mol. The minimum absolute atomic E-state index is 0.0817. The van der Waals surface area contributed by atoms with Crippen molar-refractivity contribution in [2.45, 2.75) is 13.0 Å². The fourth-order valence-corrected chi connectivity index (χ4v) is 8.86. The number of aliphatic imine (C=N–C) groups is 1. The zero-order valence-electron chi connectivity index (χ0n) is 32.9. The minimum atomic E-state index is -0.0817. The van der Waals surface area contributed by atoms with Crippen molar-refractivity contribution >= 4 is 78.1 Å². The van der Waals surface area contributed by atoms with Crippen LogP contribution in [0.3, 0.4) is 0 Å². The molecule has 1 aliphatic rings. The van der Waals surface area contributed by atoms with Gasteiger partial charge in [0, 0.05) is 38.5 Å². The van der Waals surface area contributed by atoms with Crippen molar-refractivity contribution in [3.05, 3.63) is 224 Å². The summed E-state index contributed by atoms with van der Waals surface area (Å²) in [6.07, 6.45) is 14.1. The Balaban J connectivity index is 1.21. The zero-order chi connectivity index (χ0) is 40.0. The summed E-state index contributed by atoms with van der Waals surface area (Å²) in [6.45, 7) is 14.4. The highest BCUT2D eigenvalue weighted by atomic mass is 15.1. The van der Waals surface area contributed by atoms with Crippen LogP contribution in [-0.2, 0) is 0 Å². The van der Waals surface area contributed by atoms with Crippen LogP contribution in [0, 0.1) is 0 Å². The lowest BCUT2D eigenvalue weighted by molar-refractivity contribution is 0.837. The minimum Gasteiger partial charge on any atom is -0.359 e. The van der Waals surface area contributed by atoms with E-state index in [1.807, 2.05) is 31.2 Å². The topological polar surface area (TPSA) is 34.2 Å². The predicted octanol–water partition coefficient (Wildman–Crippen LogP) is 13.8. The average Bonchev–Trinajstić information content (AvgIpc) is 3.79. The summed E-state index contributed by atoms with van der Waals surface area (Å²) in [5.41, 5.74) is 13.0. The predicted molar refractivity (Wildman–Crippen MR) is 254 cm³/mol. The van der Waals surface area contributed by atoms with Crippen LogP contribution < -0.4 is 5.32 Å². The molecule has 9 aromatic rings. The van der Waals surface area contributed by atoms with Crippen LogP contribution in [0.2, 0.25) is 0 Å². The fraction of sp³-hybridized carbons (Fsp3) is 0.0364. The number of nitrogens with one attached hydrogen (secondary N) is 1. The molecule has 10 rings (SSSR count). The van der Waals surface area contributed by atoms with E-state index in [0.717, 1.165) is 72.8 Å². The lowest BCUT2D eigenvalue weighted by Gasteiger charge is -2.25. The molecule has 0 bridgehead atoms. The molecular formula is C55H42N4. The third-order valence-corrected chi connectivity index (χ3v) is 11.5. The third-order valence-electron chi connectivity index (χ3n) is 11.5. The molecule has 59 heavy (non-hydrogen) atoms. The Labute approximate surface area is 344 Å². The van der Waals surface area contributed by atoms with E-state index < -0.39 is 0 Å². The van der Waals surface area contributed by atoms with Gasteiger partial charge in [0.1, 0.15) is 5.84 Å². The van der Waals surface area contributed by atoms with Gasteiger partial charge in [-0.25, -0.2) is 4.99 Å². The van der Waals surface area contributed by atoms with E-state index >= 15 is 0 Å². The molecule has 0 saturated heterocycles. The van der Waals surface area contributed by atoms with Crippen LogP contribution >= 0.6 is 0 Å². The first-order valence-corrected chi connectivity index (χ1v) is 20.1. The molecule has 1 unspecified atom stereocenters. The highest BCUT2D eigenvalue weighted by Gasteiger charge is 2.23. The van der Waals surface area contributed by atoms with Crippen LogP contribution in [-0.4, -0.2) is 21.0 Å². The summed E-state index contributed by atoms with van der Waals surface area (Å²) in [4.78, 5) is 5.19. The van der Waals surface area contributed by atoms with Crippen LogP contribution in [0.1, 0.15) is 29.2 Å². The molecule has 1 aliphatic heterocycles. The van der Waals surface area contributed by atoms with E-state index in [-0.39, 0.29) is 6.04 Å². The van der Waals surface area contributed by atoms with Gasteiger partial charge in [0.05, 0.1) is 33.8 Å². The van der Waals surface area contributed by atoms with Gasteiger partial charge in [-0.2, -0.15) is 0 Å². The largest absolute Gasteiger partial charge is 0.359 e. The van der Waals surface area contributed by atoms with Gasteiger partial charge in [0.25, 0.3) is 0 Å². The van der Waals surface area contributed by atoms with Gasteiger partial charge in [0.15, 0.2) is 0 Å². The molecule has 0 aliphatic carbocycles. The van der Waals surface area contributed by atoms with Crippen molar-refractivity contribution in [3.63, 3.8) is 0 Å². The maximum atomic E-state index is 5.19. The van der Waals surface area contributed by atoms with E-state index in [1.54, 1.807) is 0 Å². The Kier molecular flexibility index (Phi) is 8.88. The first kappa shape index (κ1) is 35.7. The summed E-state index contributed by atoms with van der Waals surface area (Å²) < 4.78 is 4.81. The van der Waals surface area contributed by atoms with Crippen LogP contribution in [0.25, 0.3) is 83.6 Å². The quantitative estimate of drug-likeness (QED) is 0.146. The van der Waals surface area contributed by atoms with Crippen molar-refractivity contribution in [3.8, 4) is 11.4 Å². The second-order valence-electron chi connectivity index (χ2n) is 14.9. The molecule has 0 spiro atoms. The summed E-state index contributed by atoms with van der Waals surface area (Å²) in [6, 6.07) is 52.2. The zero-order valence-corrected chi connectivity index (χ0v) is 32.9. The molecule has 0 saturated carbocycles. The lowest BCUT2D eigenvalue weighted by Crippen LogP contribution is -2.37. The number of aromatic nitrogens is 2. The van der Waals surface area contributed by atoms with Crippen molar-refractivity contribution in [2.75, 3.05) is 0 Å². The fourth-order valence-electron chi connectivity index (χ4n) is 8.86. The van der Waals surface area contributed by atoms with Gasteiger partial charge in [-0.1, -0.05) is 129 Å². The van der Waals surface area contributed by atoms with E-state index in [9.17, 15) is 0 Å². The summed E-state index contributed by atoms with van der Waals surface area (Å²) in [5, 5.41) is 11.0. The Bertz CT molecular complexity index is 3280. The van der Waals surface area contributed by atoms with Crippen LogP contribution in [0.5, 0.6) is 0 Å². The maximum absolute atomic E-state index is 5.19. The SMILES string of the molecule is C=C/C=C(\C=C/C)C1C=C(c2ccccc2)N=C(c2ccc(-n3c4cc5ccccc5cc4c4c5c6cc(C=C)c(C=C)cc6n(-c6ccccc6)c5ccc43)cc2)N1. The van der Waals surface area contributed by atoms with Gasteiger partial charge >= 0.3 is 0 Å². The molecule has 4 nitrogen and oxygen atoms in total. The highest BCUT2D eigenvalue weighted by molar-refractivity contribution is 6.30. The van der Waals surface area contributed by atoms with E-state index in [0.29, 0.717) is 0 Å². The van der Waals surface area contributed by atoms with Crippen LogP contribution in [0.4, 0.5) is 0 Å². The van der Waals surface area contributed by atoms with E-state index in [2.05, 4.69) is 198 Å². The molecule has 0 amide bonds. The number of benzene rings is 7. The first-order valence-electron chi connectivity index (χ1n) is 20.1. The number of allylic oxidation sites excluding steroid dienone is 3. The standard InChI is InChI=1S/C55H42N4/c1-5-17-38(18-6-2)47-35-48(39-19-11-9-12-20-39)57-55(56-47)40-25-27-44(28-26-40)59-50-30-29-49-53(54(50)46-32-41-21-15-16-22-42(41)34-52(46)59)45-31-36(7-3)37(8-4)33-51(45)58(49)43-23-13-10-14-24-43/h5-35,47H,1,3-4H2,2H3,(H,56,57)/b18-6-,38-17+. The molecule has 4 heteroatoms. The number of para-hydroxylation sites is 1. The van der Waals surface area contributed by atoms with Crippen molar-refractivity contribution in [1.29, 1.82) is 0 Å². The smallest absolute Gasteiger partial charge is 0.134 e. The summed E-state index contributed by atoms with van der Waals surface area (Å²) in [5.74, 6) is 0.822. The van der Waals surface area contributed by atoms with Crippen LogP contribution in [0.15, 0.2) is 206 Å². The number of rotatable bonds is 9. The molecule has 3 heterocycles. The molecule has 0 fully saturated rings. The van der Waals surface area contributed by atoms with Gasteiger partial charge in [-0.05, 0) is 119 Å². The molecule has 0 radical (unpaired) electrons. The van der Waals surface area contributed by atoms with Gasteiger partial charge < -0.3 is 14.5 Å². The number of amidine groups is 1. The monoisotopic (exact) mass is 758 g/mol. The number of hydrogen-bond acceptors (Lipinski definition) is 2. The van der Waals surface area contributed by atoms with Gasteiger partial charge in [-0.15, -0.1) is 0 Å². The average molecular weight is 759 g/mol. The Morgan fingerprint density at radius 3 is 1.81 bits per heavy atom. The molecule has 1 atom stereocenters. The normalized spacial score (nSPS) is 14.6. The van der Waals surface area contributed by atoms with Gasteiger partial charge in [0.2, 0.25) is 0 Å². The second-order valence-corrected chi connectivity index (χ2v) is 14.9. The maximum Gasteiger partial charge on any atom is 0.134 e. The van der Waals surface area contributed by atoms with Crippen molar-refractivity contribution < 1.29 is 0 Å². The highest BCUT2D eigenvalue weighted by Crippen LogP contribution is 2.44. The Morgan fingerprint density at radius 2 is 1.17 bits per heavy atom. The summed E-state index contributed by atoms with van der Waals surface area (Å²) >= 11 is 0.